The monoisotopic (exact) mass is 463 g/mol. The van der Waals surface area contributed by atoms with Crippen LogP contribution in [0.4, 0.5) is 5.69 Å². The normalized spacial score (nSPS) is 40.3. The van der Waals surface area contributed by atoms with Crippen molar-refractivity contribution >= 4 is 17.4 Å². The third-order valence-corrected chi connectivity index (χ3v) is 10.5. The third-order valence-electron chi connectivity index (χ3n) is 10.5. The van der Waals surface area contributed by atoms with E-state index in [1.54, 1.807) is 6.26 Å². The Bertz CT molecular complexity index is 1200. The summed E-state index contributed by atoms with van der Waals surface area (Å²) in [4.78, 5) is 31.0. The van der Waals surface area contributed by atoms with Gasteiger partial charge in [-0.25, -0.2) is 0 Å². The van der Waals surface area contributed by atoms with Crippen molar-refractivity contribution in [3.05, 3.63) is 30.0 Å². The summed E-state index contributed by atoms with van der Waals surface area (Å²) in [7, 11) is 1.94. The quantitative estimate of drug-likeness (QED) is 0.597. The summed E-state index contributed by atoms with van der Waals surface area (Å²) >= 11 is 0. The van der Waals surface area contributed by atoms with E-state index in [2.05, 4.69) is 30.1 Å². The van der Waals surface area contributed by atoms with Gasteiger partial charge in [-0.05, 0) is 55.7 Å². The van der Waals surface area contributed by atoms with Crippen molar-refractivity contribution in [1.82, 2.24) is 9.80 Å². The van der Waals surface area contributed by atoms with Crippen LogP contribution in [0.15, 0.2) is 24.5 Å². The predicted molar refractivity (Wildman–Crippen MR) is 127 cm³/mol. The van der Waals surface area contributed by atoms with Gasteiger partial charge in [0, 0.05) is 38.5 Å². The first kappa shape index (κ1) is 20.8. The van der Waals surface area contributed by atoms with E-state index in [0.29, 0.717) is 19.4 Å². The largest absolute Gasteiger partial charge is 0.480 e. The summed E-state index contributed by atoms with van der Waals surface area (Å²) in [5.41, 5.74) is 0.265. The molecule has 6 aliphatic heterocycles. The maximum atomic E-state index is 13.7. The predicted octanol–water partition coefficient (Wildman–Crippen LogP) is 3.09. The van der Waals surface area contributed by atoms with Gasteiger partial charge in [-0.15, -0.1) is 0 Å². The molecule has 7 aliphatic rings. The number of benzene rings is 1. The van der Waals surface area contributed by atoms with Gasteiger partial charge < -0.3 is 19.7 Å². The number of likely N-dealkylation sites (N-methyl/N-ethyl adjacent to an activating group) is 1. The molecule has 4 atom stereocenters. The molecule has 1 saturated carbocycles. The fourth-order valence-electron chi connectivity index (χ4n) is 8.65. The fraction of sp³-hybridized carbons (Fsp3) is 0.630. The molecule has 180 valence electrons. The van der Waals surface area contributed by atoms with Gasteiger partial charge in [0.25, 0.3) is 5.91 Å². The number of carbonyl (C=O) groups excluding carboxylic acids is 2. The Morgan fingerprint density at radius 2 is 1.94 bits per heavy atom. The van der Waals surface area contributed by atoms with Crippen molar-refractivity contribution in [2.45, 2.75) is 69.1 Å². The number of nitrogens with one attached hydrogen (secondary N) is 1. The maximum Gasteiger partial charge on any atom is 0.251 e. The number of hydrogen-bond donors (Lipinski definition) is 1. The molecule has 6 heterocycles. The second-order valence-electron chi connectivity index (χ2n) is 12.5. The average molecular weight is 464 g/mol. The van der Waals surface area contributed by atoms with Crippen LogP contribution in [0.1, 0.15) is 52.5 Å². The Morgan fingerprint density at radius 1 is 1.15 bits per heavy atom. The summed E-state index contributed by atoms with van der Waals surface area (Å²) < 4.78 is 12.4. The number of amides is 1. The van der Waals surface area contributed by atoms with Crippen LogP contribution >= 0.6 is 0 Å². The summed E-state index contributed by atoms with van der Waals surface area (Å²) in [5.74, 6) is 1.85. The number of hydrogen-bond acceptors (Lipinski definition) is 6. The number of Topliss-reactive ketones (excluding diaryl/α,β-unsaturated/α-hetero) is 1. The first-order valence-corrected chi connectivity index (χ1v) is 12.5. The molecule has 0 unspecified atom stereocenters. The minimum absolute atomic E-state index is 0.0163. The molecule has 34 heavy (non-hydrogen) atoms. The van der Waals surface area contributed by atoms with Gasteiger partial charge >= 0.3 is 0 Å². The molecule has 1 aromatic rings. The third kappa shape index (κ3) is 2.03. The van der Waals surface area contributed by atoms with Crippen LogP contribution in [0.5, 0.6) is 11.5 Å². The first-order valence-electron chi connectivity index (χ1n) is 12.5. The van der Waals surface area contributed by atoms with E-state index in [4.69, 9.17) is 9.47 Å². The number of nitrogens with zero attached hydrogens (tertiary/aromatic N) is 2. The van der Waals surface area contributed by atoms with Crippen LogP contribution in [0, 0.1) is 11.3 Å². The van der Waals surface area contributed by atoms with E-state index in [1.165, 1.54) is 5.56 Å². The highest BCUT2D eigenvalue weighted by Gasteiger charge is 2.79. The molecular formula is C27H33N3O4. The standard InChI is InChI=1S/C27H33N3O4/c1-23(2)9-11-33-21-17(34-23)7-6-16-20(21)28-14-25(16)13-26-15-30-10-8-19(31)27(30,22(32)29(26)5)12-18(26)24(25,3)4/h6-7,9,11,18,28H,8,10,12-15H2,1-5H3/t18-,25-,26+,27+/m0/s1. The van der Waals surface area contributed by atoms with Gasteiger partial charge in [0.15, 0.2) is 22.8 Å². The van der Waals surface area contributed by atoms with Gasteiger partial charge in [-0.1, -0.05) is 19.9 Å². The average Bonchev–Trinajstić information content (AvgIpc) is 3.32. The van der Waals surface area contributed by atoms with Gasteiger partial charge in [0.05, 0.1) is 17.5 Å². The molecule has 8 rings (SSSR count). The zero-order valence-corrected chi connectivity index (χ0v) is 20.7. The summed E-state index contributed by atoms with van der Waals surface area (Å²) in [6, 6.07) is 4.24. The van der Waals surface area contributed by atoms with Crippen LogP contribution in [-0.2, 0) is 15.0 Å². The lowest BCUT2D eigenvalue weighted by molar-refractivity contribution is -0.185. The Hall–Kier alpha value is -2.54. The highest BCUT2D eigenvalue weighted by atomic mass is 16.5. The minimum Gasteiger partial charge on any atom is -0.480 e. The zero-order chi connectivity index (χ0) is 23.9. The summed E-state index contributed by atoms with van der Waals surface area (Å²) in [5, 5.41) is 3.70. The van der Waals surface area contributed by atoms with Gasteiger partial charge in [-0.3, -0.25) is 14.5 Å². The molecule has 3 spiro atoms. The van der Waals surface area contributed by atoms with Crippen LogP contribution in [0.2, 0.25) is 0 Å². The van der Waals surface area contributed by atoms with Crippen LogP contribution in [-0.4, -0.2) is 64.9 Å². The zero-order valence-electron chi connectivity index (χ0n) is 20.7. The second kappa shape index (κ2) is 5.81. The van der Waals surface area contributed by atoms with Crippen molar-refractivity contribution in [1.29, 1.82) is 0 Å². The molecule has 1 amide bonds. The van der Waals surface area contributed by atoms with E-state index >= 15 is 0 Å². The molecule has 1 aliphatic carbocycles. The van der Waals surface area contributed by atoms with E-state index in [0.717, 1.165) is 36.7 Å². The number of fused-ring (bicyclic) bond motifs is 5. The maximum absolute atomic E-state index is 13.7. The second-order valence-corrected chi connectivity index (χ2v) is 12.5. The highest BCUT2D eigenvalue weighted by molar-refractivity contribution is 6.13. The molecule has 5 fully saturated rings. The van der Waals surface area contributed by atoms with Crippen LogP contribution in [0.3, 0.4) is 0 Å². The molecule has 4 saturated heterocycles. The molecule has 7 heteroatoms. The van der Waals surface area contributed by atoms with Crippen LogP contribution < -0.4 is 14.8 Å². The van der Waals surface area contributed by atoms with Crippen molar-refractivity contribution in [2.75, 3.05) is 32.0 Å². The lowest BCUT2D eigenvalue weighted by Gasteiger charge is -2.63. The number of piperidine rings is 2. The lowest BCUT2D eigenvalue weighted by Crippen LogP contribution is -2.80. The molecule has 2 bridgehead atoms. The number of ketones is 1. The highest BCUT2D eigenvalue weighted by Crippen LogP contribution is 2.71. The van der Waals surface area contributed by atoms with Crippen molar-refractivity contribution < 1.29 is 19.1 Å². The molecule has 1 N–H and O–H groups in total. The lowest BCUT2D eigenvalue weighted by atomic mass is 9.57. The van der Waals surface area contributed by atoms with Gasteiger partial charge in [-0.2, -0.15) is 0 Å². The molecule has 0 radical (unpaired) electrons. The van der Waals surface area contributed by atoms with Crippen molar-refractivity contribution in [2.24, 2.45) is 11.3 Å². The fourth-order valence-corrected chi connectivity index (χ4v) is 8.65. The molecule has 7 nitrogen and oxygen atoms in total. The Morgan fingerprint density at radius 3 is 2.74 bits per heavy atom. The number of anilines is 1. The number of carbonyl (C=O) groups is 2. The van der Waals surface area contributed by atoms with Gasteiger partial charge in [0.2, 0.25) is 0 Å². The van der Waals surface area contributed by atoms with E-state index < -0.39 is 11.1 Å². The van der Waals surface area contributed by atoms with E-state index in [1.807, 2.05) is 37.9 Å². The van der Waals surface area contributed by atoms with Crippen molar-refractivity contribution in [3.8, 4) is 11.5 Å². The number of ether oxygens (including phenoxy) is 2. The smallest absolute Gasteiger partial charge is 0.251 e. The number of piperazine rings is 1. The Labute approximate surface area is 200 Å². The number of rotatable bonds is 0. The molecule has 1 aromatic carbocycles. The van der Waals surface area contributed by atoms with Crippen molar-refractivity contribution in [3.63, 3.8) is 0 Å². The van der Waals surface area contributed by atoms with Gasteiger partial charge in [0.1, 0.15) is 5.60 Å². The first-order chi connectivity index (χ1) is 16.0. The van der Waals surface area contributed by atoms with E-state index in [9.17, 15) is 9.59 Å². The summed E-state index contributed by atoms with van der Waals surface area (Å²) in [6.45, 7) is 11.0. The summed E-state index contributed by atoms with van der Waals surface area (Å²) in [6.07, 6.45) is 5.66. The minimum atomic E-state index is -0.945. The van der Waals surface area contributed by atoms with Crippen LogP contribution in [0.25, 0.3) is 0 Å². The topological polar surface area (TPSA) is 71.1 Å². The Kier molecular flexibility index (Phi) is 3.55. The molecule has 0 aromatic heterocycles. The Balaban J connectivity index is 1.39. The SMILES string of the molecule is CN1C(=O)[C@]23C[C@H]4C(C)(C)[C@]5(CNc6c5ccc5c6OC=CC(C)(C)O5)C[C@@]41CN2CCC3=O. The molecular weight excluding hydrogens is 430 g/mol. The van der Waals surface area contributed by atoms with E-state index in [-0.39, 0.29) is 34.0 Å².